The molecular weight excluding hydrogens is 590 g/mol. The number of esters is 1. The van der Waals surface area contributed by atoms with Gasteiger partial charge in [-0.05, 0) is 35.4 Å². The van der Waals surface area contributed by atoms with Crippen LogP contribution in [0.25, 0.3) is 0 Å². The van der Waals surface area contributed by atoms with Crippen LogP contribution in [0.15, 0.2) is 60.9 Å². The van der Waals surface area contributed by atoms with E-state index >= 15 is 0 Å². The second-order valence-electron chi connectivity index (χ2n) is 10.7. The van der Waals surface area contributed by atoms with E-state index in [0.717, 1.165) is 22.6 Å². The minimum atomic E-state index is -0.891. The van der Waals surface area contributed by atoms with Gasteiger partial charge in [0.25, 0.3) is 0 Å². The van der Waals surface area contributed by atoms with E-state index in [9.17, 15) is 14.7 Å². The van der Waals surface area contributed by atoms with Gasteiger partial charge in [-0.25, -0.2) is 14.6 Å². The molecule has 0 spiro atoms. The molecule has 0 radical (unpaired) electrons. The van der Waals surface area contributed by atoms with Crippen LogP contribution in [0.1, 0.15) is 22.5 Å². The molecule has 1 fully saturated rings. The van der Waals surface area contributed by atoms with Gasteiger partial charge in [0.05, 0.1) is 25.3 Å². The Morgan fingerprint density at radius 3 is 2.43 bits per heavy atom. The Kier molecular flexibility index (Phi) is 10.2. The molecular formula is C31H35N11O4. The quantitative estimate of drug-likeness (QED) is 0.169. The number of carbonyl (C=O) groups is 2. The Morgan fingerprint density at radius 2 is 1.76 bits per heavy atom. The van der Waals surface area contributed by atoms with E-state index in [1.807, 2.05) is 42.1 Å². The van der Waals surface area contributed by atoms with Gasteiger partial charge in [0.2, 0.25) is 17.8 Å². The molecule has 238 valence electrons. The number of nitrogens with one attached hydrogen (secondary N) is 3. The second kappa shape index (κ2) is 14.8. The van der Waals surface area contributed by atoms with Crippen molar-refractivity contribution in [1.82, 2.24) is 34.3 Å². The Bertz CT molecular complexity index is 1700. The Balaban J connectivity index is 1.35. The molecule has 1 atom stereocenters. The number of anilines is 4. The number of hydrogen-bond acceptors (Lipinski definition) is 12. The molecule has 15 nitrogen and oxygen atoms in total. The second-order valence-corrected chi connectivity index (χ2v) is 10.7. The van der Waals surface area contributed by atoms with Crippen LogP contribution in [-0.4, -0.2) is 90.8 Å². The lowest BCUT2D eigenvalue weighted by atomic mass is 10.0. The lowest BCUT2D eigenvalue weighted by Crippen LogP contribution is -2.47. The summed E-state index contributed by atoms with van der Waals surface area (Å²) >= 11 is 0. The van der Waals surface area contributed by atoms with Crippen LogP contribution in [0.4, 0.5) is 28.3 Å². The molecule has 1 saturated heterocycles. The van der Waals surface area contributed by atoms with Gasteiger partial charge < -0.3 is 35.3 Å². The number of nitrogens with zero attached hydrogens (tertiary/aromatic N) is 8. The van der Waals surface area contributed by atoms with Gasteiger partial charge in [0, 0.05) is 64.3 Å². The van der Waals surface area contributed by atoms with Gasteiger partial charge in [-0.1, -0.05) is 24.3 Å². The first-order valence-electron chi connectivity index (χ1n) is 14.7. The molecule has 0 saturated carbocycles. The third-order valence-corrected chi connectivity index (χ3v) is 7.51. The average Bonchev–Trinajstić information content (AvgIpc) is 3.48. The SMILES string of the molecule is COC(=O)[C@H](Cc1ccc(C#N)cc1)Nc1nc(NCc2nccn2C)nc(Nc2cccc(CN3CCN(C(=O)O)CC3)c2)n1. The number of ether oxygens (including phenoxy) is 1. The fourth-order valence-corrected chi connectivity index (χ4v) is 4.97. The van der Waals surface area contributed by atoms with E-state index in [1.54, 1.807) is 30.5 Å². The zero-order valence-electron chi connectivity index (χ0n) is 25.6. The molecule has 0 bridgehead atoms. The fraction of sp³-hybridized carbons (Fsp3) is 0.323. The number of aromatic nitrogens is 5. The number of piperazine rings is 1. The first-order valence-corrected chi connectivity index (χ1v) is 14.7. The highest BCUT2D eigenvalue weighted by Crippen LogP contribution is 2.20. The number of methoxy groups -OCH3 is 1. The van der Waals surface area contributed by atoms with Gasteiger partial charge in [0.15, 0.2) is 0 Å². The van der Waals surface area contributed by atoms with Gasteiger partial charge in [-0.2, -0.15) is 20.2 Å². The average molecular weight is 626 g/mol. The number of carboxylic acid groups (broad SMARTS) is 1. The van der Waals surface area contributed by atoms with Gasteiger partial charge in [-0.3, -0.25) is 4.90 Å². The van der Waals surface area contributed by atoms with Crippen LogP contribution in [0, 0.1) is 11.3 Å². The molecule has 2 aromatic heterocycles. The van der Waals surface area contributed by atoms with Crippen molar-refractivity contribution in [2.45, 2.75) is 25.6 Å². The van der Waals surface area contributed by atoms with Crippen LogP contribution in [0.2, 0.25) is 0 Å². The van der Waals surface area contributed by atoms with Crippen molar-refractivity contribution < 1.29 is 19.4 Å². The summed E-state index contributed by atoms with van der Waals surface area (Å²) in [6.07, 6.45) is 2.92. The maximum absolute atomic E-state index is 12.8. The zero-order valence-corrected chi connectivity index (χ0v) is 25.6. The van der Waals surface area contributed by atoms with E-state index in [1.165, 1.54) is 12.0 Å². The lowest BCUT2D eigenvalue weighted by Gasteiger charge is -2.33. The molecule has 4 N–H and O–H groups in total. The minimum Gasteiger partial charge on any atom is -0.467 e. The molecule has 5 rings (SSSR count). The number of hydrogen-bond donors (Lipinski definition) is 4. The van der Waals surface area contributed by atoms with Gasteiger partial charge in [-0.15, -0.1) is 0 Å². The summed E-state index contributed by atoms with van der Waals surface area (Å²) in [5, 5.41) is 27.9. The molecule has 4 aromatic rings. The molecule has 0 aliphatic carbocycles. The van der Waals surface area contributed by atoms with Crippen LogP contribution in [0.3, 0.4) is 0 Å². The van der Waals surface area contributed by atoms with Crippen LogP contribution in [0.5, 0.6) is 0 Å². The number of carbonyl (C=O) groups excluding carboxylic acids is 1. The standard InChI is InChI=1S/C31H35N11O4/c1-40-11-10-33-26(40)19-34-28-37-29(35-24-5-3-4-23(16-24)20-41-12-14-42(15-13-41)31(44)45)39-30(38-28)36-25(27(43)46-2)17-21-6-8-22(18-32)9-7-21/h3-11,16,25H,12-15,17,19-20H2,1-2H3,(H,44,45)(H3,34,35,36,37,38,39)/t25-/m0/s1. The molecule has 0 unspecified atom stereocenters. The van der Waals surface area contributed by atoms with Crippen LogP contribution >= 0.6 is 0 Å². The van der Waals surface area contributed by atoms with Crippen LogP contribution in [-0.2, 0) is 36.1 Å². The van der Waals surface area contributed by atoms with E-state index in [4.69, 9.17) is 10.00 Å². The maximum atomic E-state index is 12.8. The highest BCUT2D eigenvalue weighted by Gasteiger charge is 2.23. The third kappa shape index (κ3) is 8.45. The summed E-state index contributed by atoms with van der Waals surface area (Å²) in [5.41, 5.74) is 3.13. The summed E-state index contributed by atoms with van der Waals surface area (Å²) in [4.78, 5) is 45.7. The monoisotopic (exact) mass is 625 g/mol. The molecule has 15 heteroatoms. The van der Waals surface area contributed by atoms with E-state index in [2.05, 4.69) is 46.9 Å². The van der Waals surface area contributed by atoms with Crippen molar-refractivity contribution in [3.63, 3.8) is 0 Å². The summed E-state index contributed by atoms with van der Waals surface area (Å²) < 4.78 is 6.94. The molecule has 1 amide bonds. The minimum absolute atomic E-state index is 0.149. The number of nitriles is 1. The molecule has 2 aromatic carbocycles. The highest BCUT2D eigenvalue weighted by molar-refractivity contribution is 5.79. The Labute approximate surface area is 265 Å². The van der Waals surface area contributed by atoms with Crippen molar-refractivity contribution in [1.29, 1.82) is 5.26 Å². The lowest BCUT2D eigenvalue weighted by molar-refractivity contribution is -0.141. The zero-order chi connectivity index (χ0) is 32.5. The predicted molar refractivity (Wildman–Crippen MR) is 169 cm³/mol. The Hall–Kier alpha value is -5.75. The number of imidazole rings is 1. The maximum Gasteiger partial charge on any atom is 0.407 e. The first kappa shape index (κ1) is 31.7. The Morgan fingerprint density at radius 1 is 1.02 bits per heavy atom. The number of aryl methyl sites for hydroxylation is 1. The normalized spacial score (nSPS) is 13.8. The van der Waals surface area contributed by atoms with E-state index < -0.39 is 18.1 Å². The first-order chi connectivity index (χ1) is 22.3. The third-order valence-electron chi connectivity index (χ3n) is 7.51. The topological polar surface area (TPSA) is 186 Å². The predicted octanol–water partition coefficient (Wildman–Crippen LogP) is 2.82. The number of benzene rings is 2. The molecule has 1 aliphatic rings. The van der Waals surface area contributed by atoms with E-state index in [-0.39, 0.29) is 24.3 Å². The largest absolute Gasteiger partial charge is 0.467 e. The summed E-state index contributed by atoms with van der Waals surface area (Å²) in [5.74, 6) is 0.927. The van der Waals surface area contributed by atoms with Gasteiger partial charge in [0.1, 0.15) is 11.9 Å². The summed E-state index contributed by atoms with van der Waals surface area (Å²) in [7, 11) is 3.20. The molecule has 46 heavy (non-hydrogen) atoms. The van der Waals surface area contributed by atoms with Crippen molar-refractivity contribution in [2.24, 2.45) is 7.05 Å². The molecule has 3 heterocycles. The van der Waals surface area contributed by atoms with Crippen molar-refractivity contribution in [3.8, 4) is 6.07 Å². The fourth-order valence-electron chi connectivity index (χ4n) is 4.97. The molecule has 1 aliphatic heterocycles. The van der Waals surface area contributed by atoms with E-state index in [0.29, 0.717) is 44.8 Å². The van der Waals surface area contributed by atoms with Crippen molar-refractivity contribution in [3.05, 3.63) is 83.4 Å². The van der Waals surface area contributed by atoms with Gasteiger partial charge >= 0.3 is 12.1 Å². The number of amides is 1. The summed E-state index contributed by atoms with van der Waals surface area (Å²) in [6.45, 7) is 3.27. The van der Waals surface area contributed by atoms with Crippen LogP contribution < -0.4 is 16.0 Å². The highest BCUT2D eigenvalue weighted by atomic mass is 16.5. The van der Waals surface area contributed by atoms with Crippen molar-refractivity contribution >= 4 is 35.6 Å². The van der Waals surface area contributed by atoms with Crippen molar-refractivity contribution in [2.75, 3.05) is 49.2 Å². The smallest absolute Gasteiger partial charge is 0.407 e. The summed E-state index contributed by atoms with van der Waals surface area (Å²) in [6, 6.07) is 16.1. The number of rotatable bonds is 12.